The van der Waals surface area contributed by atoms with E-state index in [1.165, 1.54) is 12.0 Å². The number of methoxy groups -OCH3 is 1. The number of aliphatic carboxylic acids is 1. The van der Waals surface area contributed by atoms with Gasteiger partial charge >= 0.3 is 18.0 Å². The van der Waals surface area contributed by atoms with Gasteiger partial charge in [0.2, 0.25) is 0 Å². The molecule has 2 atom stereocenters. The zero-order chi connectivity index (χ0) is 16.8. The summed E-state index contributed by atoms with van der Waals surface area (Å²) >= 11 is 0. The van der Waals surface area contributed by atoms with Gasteiger partial charge in [-0.15, -0.1) is 0 Å². The molecule has 1 amide bonds. The quantitative estimate of drug-likeness (QED) is 0.845. The molecule has 23 heavy (non-hydrogen) atoms. The average Bonchev–Trinajstić information content (AvgIpc) is 2.59. The van der Waals surface area contributed by atoms with Gasteiger partial charge in [0.1, 0.15) is 6.61 Å². The number of benzene rings is 1. The van der Waals surface area contributed by atoms with E-state index < -0.39 is 29.9 Å². The highest BCUT2D eigenvalue weighted by molar-refractivity contribution is 5.82. The van der Waals surface area contributed by atoms with Crippen LogP contribution in [0.2, 0.25) is 0 Å². The fourth-order valence-corrected chi connectivity index (χ4v) is 2.61. The van der Waals surface area contributed by atoms with Crippen molar-refractivity contribution in [2.75, 3.05) is 20.2 Å². The van der Waals surface area contributed by atoms with Gasteiger partial charge in [0.05, 0.1) is 18.9 Å². The van der Waals surface area contributed by atoms with Crippen LogP contribution in [0.15, 0.2) is 30.3 Å². The summed E-state index contributed by atoms with van der Waals surface area (Å²) in [5.41, 5.74) is 0.853. The third-order valence-corrected chi connectivity index (χ3v) is 3.90. The van der Waals surface area contributed by atoms with Gasteiger partial charge in [-0.25, -0.2) is 4.79 Å². The van der Waals surface area contributed by atoms with Crippen LogP contribution in [0.25, 0.3) is 0 Å². The molecule has 0 bridgehead atoms. The minimum absolute atomic E-state index is 0.0166. The summed E-state index contributed by atoms with van der Waals surface area (Å²) in [5, 5.41) is 9.19. The SMILES string of the molecule is COC(=O)[C@H]1CN(C(=O)OCc2ccccc2)CC[C@@H]1C(=O)O. The van der Waals surface area contributed by atoms with E-state index in [9.17, 15) is 19.5 Å². The molecule has 1 aromatic carbocycles. The van der Waals surface area contributed by atoms with Crippen molar-refractivity contribution in [1.29, 1.82) is 0 Å². The van der Waals surface area contributed by atoms with Crippen LogP contribution in [0.1, 0.15) is 12.0 Å². The largest absolute Gasteiger partial charge is 0.481 e. The molecule has 0 aliphatic carbocycles. The number of hydrogen-bond acceptors (Lipinski definition) is 5. The lowest BCUT2D eigenvalue weighted by Gasteiger charge is -2.34. The van der Waals surface area contributed by atoms with Crippen molar-refractivity contribution in [2.24, 2.45) is 11.8 Å². The third-order valence-electron chi connectivity index (χ3n) is 3.90. The van der Waals surface area contributed by atoms with Crippen LogP contribution in [0.4, 0.5) is 4.79 Å². The fraction of sp³-hybridized carbons (Fsp3) is 0.438. The Bertz CT molecular complexity index is 573. The van der Waals surface area contributed by atoms with Crippen LogP contribution in [0.5, 0.6) is 0 Å². The molecule has 0 unspecified atom stereocenters. The molecule has 1 aliphatic rings. The lowest BCUT2D eigenvalue weighted by molar-refractivity contribution is -0.158. The predicted molar refractivity (Wildman–Crippen MR) is 79.4 cm³/mol. The number of carbonyl (C=O) groups excluding carboxylic acids is 2. The molecule has 7 heteroatoms. The maximum atomic E-state index is 12.1. The molecule has 1 fully saturated rings. The van der Waals surface area contributed by atoms with Crippen LogP contribution in [-0.2, 0) is 25.7 Å². The molecule has 1 saturated heterocycles. The highest BCUT2D eigenvalue weighted by atomic mass is 16.6. The Morgan fingerprint density at radius 3 is 2.52 bits per heavy atom. The molecule has 1 aliphatic heterocycles. The molecule has 1 heterocycles. The van der Waals surface area contributed by atoms with E-state index in [1.807, 2.05) is 30.3 Å². The van der Waals surface area contributed by atoms with E-state index in [2.05, 4.69) is 4.74 Å². The van der Waals surface area contributed by atoms with E-state index in [-0.39, 0.29) is 26.1 Å². The Kier molecular flexibility index (Phi) is 5.56. The summed E-state index contributed by atoms with van der Waals surface area (Å²) in [7, 11) is 1.20. The number of carboxylic acids is 1. The third kappa shape index (κ3) is 4.21. The molecule has 0 radical (unpaired) electrons. The minimum atomic E-state index is -1.06. The molecule has 0 saturated carbocycles. The molecule has 1 N–H and O–H groups in total. The van der Waals surface area contributed by atoms with E-state index in [1.54, 1.807) is 0 Å². The first-order valence-electron chi connectivity index (χ1n) is 7.29. The molecule has 0 aromatic heterocycles. The average molecular weight is 321 g/mol. The van der Waals surface area contributed by atoms with Crippen LogP contribution in [0, 0.1) is 11.8 Å². The monoisotopic (exact) mass is 321 g/mol. The van der Waals surface area contributed by atoms with Crippen molar-refractivity contribution in [2.45, 2.75) is 13.0 Å². The van der Waals surface area contributed by atoms with Crippen molar-refractivity contribution in [3.63, 3.8) is 0 Å². The highest BCUT2D eigenvalue weighted by Crippen LogP contribution is 2.25. The number of rotatable bonds is 4. The zero-order valence-electron chi connectivity index (χ0n) is 12.8. The van der Waals surface area contributed by atoms with Crippen molar-refractivity contribution in [1.82, 2.24) is 4.90 Å². The van der Waals surface area contributed by atoms with Crippen LogP contribution < -0.4 is 0 Å². The van der Waals surface area contributed by atoms with Crippen LogP contribution in [-0.4, -0.2) is 48.2 Å². The smallest absolute Gasteiger partial charge is 0.410 e. The molecular weight excluding hydrogens is 302 g/mol. The summed E-state index contributed by atoms with van der Waals surface area (Å²) in [6.45, 7) is 0.344. The zero-order valence-corrected chi connectivity index (χ0v) is 12.8. The number of piperidine rings is 1. The number of amides is 1. The summed E-state index contributed by atoms with van der Waals surface area (Å²) in [6, 6.07) is 9.22. The maximum absolute atomic E-state index is 12.1. The minimum Gasteiger partial charge on any atom is -0.481 e. The lowest BCUT2D eigenvalue weighted by atomic mass is 9.85. The first kappa shape index (κ1) is 16.8. The van der Waals surface area contributed by atoms with E-state index >= 15 is 0 Å². The van der Waals surface area contributed by atoms with Crippen LogP contribution >= 0.6 is 0 Å². The van der Waals surface area contributed by atoms with Crippen molar-refractivity contribution < 1.29 is 29.0 Å². The van der Waals surface area contributed by atoms with Crippen molar-refractivity contribution in [3.8, 4) is 0 Å². The van der Waals surface area contributed by atoms with E-state index in [4.69, 9.17) is 4.74 Å². The Balaban J connectivity index is 1.96. The predicted octanol–water partition coefficient (Wildman–Crippen LogP) is 1.52. The Labute approximate surface area is 133 Å². The molecule has 7 nitrogen and oxygen atoms in total. The molecular formula is C16H19NO6. The fourth-order valence-electron chi connectivity index (χ4n) is 2.61. The summed E-state index contributed by atoms with van der Waals surface area (Å²) in [4.78, 5) is 36.5. The number of carboxylic acid groups (broad SMARTS) is 1. The summed E-state index contributed by atoms with van der Waals surface area (Å²) < 4.78 is 9.86. The van der Waals surface area contributed by atoms with Gasteiger partial charge in [-0.05, 0) is 12.0 Å². The Morgan fingerprint density at radius 1 is 1.22 bits per heavy atom. The maximum Gasteiger partial charge on any atom is 0.410 e. The van der Waals surface area contributed by atoms with Gasteiger partial charge in [-0.1, -0.05) is 30.3 Å². The number of nitrogens with zero attached hydrogens (tertiary/aromatic N) is 1. The second kappa shape index (κ2) is 7.62. The van der Waals surface area contributed by atoms with Gasteiger partial charge < -0.3 is 19.5 Å². The Morgan fingerprint density at radius 2 is 1.91 bits per heavy atom. The number of ether oxygens (including phenoxy) is 2. The van der Waals surface area contributed by atoms with Crippen molar-refractivity contribution in [3.05, 3.63) is 35.9 Å². The van der Waals surface area contributed by atoms with Gasteiger partial charge in [-0.3, -0.25) is 9.59 Å². The standard InChI is InChI=1S/C16H19NO6/c1-22-15(20)13-9-17(8-7-12(13)14(18)19)16(21)23-10-11-5-3-2-4-6-11/h2-6,12-13H,7-10H2,1H3,(H,18,19)/t12-,13-/m0/s1. The second-order valence-corrected chi connectivity index (χ2v) is 5.35. The first-order chi connectivity index (χ1) is 11.0. The molecule has 1 aromatic rings. The summed E-state index contributed by atoms with van der Waals surface area (Å²) in [6.07, 6.45) is -0.373. The molecule has 2 rings (SSSR count). The van der Waals surface area contributed by atoms with Crippen molar-refractivity contribution >= 4 is 18.0 Å². The topological polar surface area (TPSA) is 93.1 Å². The number of esters is 1. The first-order valence-corrected chi connectivity index (χ1v) is 7.29. The van der Waals surface area contributed by atoms with E-state index in [0.717, 1.165) is 5.56 Å². The Hall–Kier alpha value is -2.57. The normalized spacial score (nSPS) is 20.7. The summed E-state index contributed by atoms with van der Waals surface area (Å²) in [5.74, 6) is -3.41. The van der Waals surface area contributed by atoms with Gasteiger partial charge in [-0.2, -0.15) is 0 Å². The number of carbonyl (C=O) groups is 3. The number of hydrogen-bond donors (Lipinski definition) is 1. The molecule has 0 spiro atoms. The van der Waals surface area contributed by atoms with E-state index in [0.29, 0.717) is 0 Å². The molecule has 124 valence electrons. The highest BCUT2D eigenvalue weighted by Gasteiger charge is 2.41. The van der Waals surface area contributed by atoms with Gasteiger partial charge in [0.25, 0.3) is 0 Å². The van der Waals surface area contributed by atoms with Crippen LogP contribution in [0.3, 0.4) is 0 Å². The van der Waals surface area contributed by atoms with Gasteiger partial charge in [0.15, 0.2) is 0 Å². The second-order valence-electron chi connectivity index (χ2n) is 5.35. The lowest BCUT2D eigenvalue weighted by Crippen LogP contribution is -2.49. The van der Waals surface area contributed by atoms with Gasteiger partial charge in [0, 0.05) is 13.1 Å². The number of likely N-dealkylation sites (tertiary alicyclic amines) is 1.